The summed E-state index contributed by atoms with van der Waals surface area (Å²) in [6.07, 6.45) is 4.46. The van der Waals surface area contributed by atoms with E-state index in [0.29, 0.717) is 6.54 Å². The van der Waals surface area contributed by atoms with Crippen LogP contribution in [0.4, 0.5) is 5.69 Å². The molecule has 1 saturated carbocycles. The Kier molecular flexibility index (Phi) is 4.80. The molecule has 31 heavy (non-hydrogen) atoms. The van der Waals surface area contributed by atoms with Crippen LogP contribution in [0.15, 0.2) is 48.8 Å². The highest BCUT2D eigenvalue weighted by Gasteiger charge is 2.58. The average molecular weight is 417 g/mol. The third-order valence-electron chi connectivity index (χ3n) is 6.94. The van der Waals surface area contributed by atoms with Gasteiger partial charge in [-0.25, -0.2) is 4.98 Å². The summed E-state index contributed by atoms with van der Waals surface area (Å²) >= 11 is 0. The quantitative estimate of drug-likeness (QED) is 0.701. The summed E-state index contributed by atoms with van der Waals surface area (Å²) in [6, 6.07) is 14.0. The zero-order chi connectivity index (χ0) is 21.6. The van der Waals surface area contributed by atoms with Gasteiger partial charge in [-0.2, -0.15) is 0 Å². The Morgan fingerprint density at radius 1 is 1.10 bits per heavy atom. The number of carbonyl (C=O) groups is 2. The number of anilines is 1. The smallest absolute Gasteiger partial charge is 0.242 e. The van der Waals surface area contributed by atoms with E-state index in [2.05, 4.69) is 16.4 Å². The van der Waals surface area contributed by atoms with Crippen LogP contribution in [-0.2, 0) is 16.1 Å². The second-order valence-corrected chi connectivity index (χ2v) is 9.23. The number of hydrogen-bond donors (Lipinski definition) is 1. The van der Waals surface area contributed by atoms with Crippen LogP contribution in [-0.4, -0.2) is 39.4 Å². The number of amides is 2. The molecule has 160 valence electrons. The van der Waals surface area contributed by atoms with Crippen molar-refractivity contribution in [2.24, 2.45) is 11.3 Å². The van der Waals surface area contributed by atoms with Crippen molar-refractivity contribution in [3.05, 3.63) is 59.9 Å². The molecule has 2 amide bonds. The molecule has 1 unspecified atom stereocenters. The molecule has 1 spiro atoms. The molecule has 3 aromatic rings. The van der Waals surface area contributed by atoms with Crippen molar-refractivity contribution < 1.29 is 9.59 Å². The van der Waals surface area contributed by atoms with Crippen molar-refractivity contribution in [3.63, 3.8) is 0 Å². The Hall–Kier alpha value is -3.15. The molecule has 0 radical (unpaired) electrons. The van der Waals surface area contributed by atoms with E-state index in [0.717, 1.165) is 60.2 Å². The van der Waals surface area contributed by atoms with Gasteiger partial charge >= 0.3 is 0 Å². The molecule has 0 bridgehead atoms. The number of benzene rings is 2. The number of carbonyl (C=O) groups excluding carboxylic acids is 2. The highest BCUT2D eigenvalue weighted by atomic mass is 16.2. The molecule has 1 saturated heterocycles. The predicted octanol–water partition coefficient (Wildman–Crippen LogP) is 3.92. The van der Waals surface area contributed by atoms with E-state index in [1.807, 2.05) is 59.7 Å². The number of nitrogens with zero attached hydrogens (tertiary/aromatic N) is 3. The van der Waals surface area contributed by atoms with Gasteiger partial charge in [-0.15, -0.1) is 0 Å². The first-order valence-electron chi connectivity index (χ1n) is 11.0. The van der Waals surface area contributed by atoms with Crippen LogP contribution in [0.5, 0.6) is 0 Å². The fraction of sp³-hybridized carbons (Fsp3) is 0.400. The summed E-state index contributed by atoms with van der Waals surface area (Å²) in [5, 5.41) is 3.11. The second kappa shape index (κ2) is 7.52. The van der Waals surface area contributed by atoms with Gasteiger partial charge in [0.05, 0.1) is 17.4 Å². The summed E-state index contributed by atoms with van der Waals surface area (Å²) < 4.78 is 1.92. The topological polar surface area (TPSA) is 67.2 Å². The number of aromatic nitrogens is 2. The van der Waals surface area contributed by atoms with Gasteiger partial charge in [0.25, 0.3) is 0 Å². The largest absolute Gasteiger partial charge is 0.341 e. The lowest BCUT2D eigenvalue weighted by Crippen LogP contribution is -2.41. The van der Waals surface area contributed by atoms with E-state index < -0.39 is 0 Å². The molecule has 6 nitrogen and oxygen atoms in total. The maximum Gasteiger partial charge on any atom is 0.242 e. The van der Waals surface area contributed by atoms with Crippen LogP contribution < -0.4 is 5.32 Å². The number of imidazole rings is 1. The van der Waals surface area contributed by atoms with Gasteiger partial charge in [0.15, 0.2) is 0 Å². The van der Waals surface area contributed by atoms with Crippen molar-refractivity contribution in [3.8, 4) is 0 Å². The zero-order valence-corrected chi connectivity index (χ0v) is 18.1. The van der Waals surface area contributed by atoms with Gasteiger partial charge in [0.1, 0.15) is 6.54 Å². The lowest BCUT2D eigenvalue weighted by molar-refractivity contribution is -0.133. The Morgan fingerprint density at radius 2 is 1.81 bits per heavy atom. The maximum absolute atomic E-state index is 12.9. The molecule has 2 aliphatic rings. The molecule has 1 atom stereocenters. The third kappa shape index (κ3) is 3.82. The summed E-state index contributed by atoms with van der Waals surface area (Å²) in [6.45, 7) is 5.84. The van der Waals surface area contributed by atoms with Crippen LogP contribution in [0.2, 0.25) is 0 Å². The third-order valence-corrected chi connectivity index (χ3v) is 6.94. The zero-order valence-electron chi connectivity index (χ0n) is 18.1. The summed E-state index contributed by atoms with van der Waals surface area (Å²) in [7, 11) is 0. The first-order chi connectivity index (χ1) is 14.9. The maximum atomic E-state index is 12.9. The van der Waals surface area contributed by atoms with E-state index in [1.165, 1.54) is 0 Å². The number of para-hydroxylation sites is 2. The number of fused-ring (bicyclic) bond motifs is 1. The Bertz CT molecular complexity index is 1140. The minimum Gasteiger partial charge on any atom is -0.341 e. The minimum atomic E-state index is 0.0585. The summed E-state index contributed by atoms with van der Waals surface area (Å²) in [4.78, 5) is 32.0. The van der Waals surface area contributed by atoms with Crippen molar-refractivity contribution in [2.45, 2.75) is 39.7 Å². The molecule has 2 aromatic carbocycles. The molecule has 2 fully saturated rings. The van der Waals surface area contributed by atoms with Crippen molar-refractivity contribution in [2.75, 3.05) is 18.4 Å². The number of piperidine rings is 1. The number of nitrogens with one attached hydrogen (secondary N) is 1. The lowest BCUT2D eigenvalue weighted by atomic mass is 9.90. The lowest BCUT2D eigenvalue weighted by Gasteiger charge is -2.33. The monoisotopic (exact) mass is 416 g/mol. The van der Waals surface area contributed by atoms with Gasteiger partial charge in [0, 0.05) is 24.7 Å². The molecule has 5 rings (SSSR count). The van der Waals surface area contributed by atoms with Crippen LogP contribution >= 0.6 is 0 Å². The van der Waals surface area contributed by atoms with Gasteiger partial charge in [0.2, 0.25) is 11.8 Å². The van der Waals surface area contributed by atoms with Crippen molar-refractivity contribution in [1.82, 2.24) is 14.5 Å². The van der Waals surface area contributed by atoms with E-state index in [4.69, 9.17) is 0 Å². The number of aryl methyl sites for hydroxylation is 2. The summed E-state index contributed by atoms with van der Waals surface area (Å²) in [5.41, 5.74) is 5.14. The summed E-state index contributed by atoms with van der Waals surface area (Å²) in [5.74, 6) is 0.299. The second-order valence-electron chi connectivity index (χ2n) is 9.23. The number of likely N-dealkylation sites (tertiary alicyclic amines) is 1. The standard InChI is InChI=1S/C25H28N4O2/c1-17-11-18(2)13-19(12-17)27-24(31)20-14-25(20)7-9-28(10-8-25)23(30)15-29-16-26-21-5-3-4-6-22(21)29/h3-6,11-13,16,20H,7-10,14-15H2,1-2H3,(H,27,31). The van der Waals surface area contributed by atoms with Crippen LogP contribution in [0.3, 0.4) is 0 Å². The average Bonchev–Trinajstić information content (AvgIpc) is 3.29. The SMILES string of the molecule is Cc1cc(C)cc(NC(=O)C2CC23CCN(C(=O)Cn2cnc4ccccc42)CC3)c1. The van der Waals surface area contributed by atoms with Crippen LogP contribution in [0.25, 0.3) is 11.0 Å². The molecule has 1 aliphatic heterocycles. The number of hydrogen-bond acceptors (Lipinski definition) is 3. The van der Waals surface area contributed by atoms with E-state index in [9.17, 15) is 9.59 Å². The molecule has 1 N–H and O–H groups in total. The van der Waals surface area contributed by atoms with Crippen molar-refractivity contribution >= 4 is 28.5 Å². The van der Waals surface area contributed by atoms with Gasteiger partial charge in [-0.1, -0.05) is 18.2 Å². The van der Waals surface area contributed by atoms with Gasteiger partial charge < -0.3 is 14.8 Å². The Balaban J connectivity index is 1.17. The first kappa shape index (κ1) is 19.8. The van der Waals surface area contributed by atoms with E-state index >= 15 is 0 Å². The molecular weight excluding hydrogens is 388 g/mol. The normalized spacial score (nSPS) is 19.5. The Morgan fingerprint density at radius 3 is 2.55 bits per heavy atom. The van der Waals surface area contributed by atoms with Crippen LogP contribution in [0.1, 0.15) is 30.4 Å². The highest BCUT2D eigenvalue weighted by Crippen LogP contribution is 2.59. The Labute approximate surface area is 182 Å². The fourth-order valence-electron chi connectivity index (χ4n) is 5.13. The van der Waals surface area contributed by atoms with Gasteiger partial charge in [-0.3, -0.25) is 9.59 Å². The molecule has 2 heterocycles. The molecule has 6 heteroatoms. The van der Waals surface area contributed by atoms with E-state index in [1.54, 1.807) is 6.33 Å². The molecule has 1 aromatic heterocycles. The van der Waals surface area contributed by atoms with Gasteiger partial charge in [-0.05, 0) is 73.9 Å². The first-order valence-corrected chi connectivity index (χ1v) is 11.0. The van der Waals surface area contributed by atoms with E-state index in [-0.39, 0.29) is 23.1 Å². The predicted molar refractivity (Wildman–Crippen MR) is 121 cm³/mol. The molecular formula is C25H28N4O2. The van der Waals surface area contributed by atoms with Crippen LogP contribution in [0, 0.1) is 25.2 Å². The number of rotatable bonds is 4. The highest BCUT2D eigenvalue weighted by molar-refractivity contribution is 5.95. The molecule has 1 aliphatic carbocycles. The van der Waals surface area contributed by atoms with Crippen molar-refractivity contribution in [1.29, 1.82) is 0 Å². The fourth-order valence-corrected chi connectivity index (χ4v) is 5.13. The minimum absolute atomic E-state index is 0.0585.